The zero-order valence-electron chi connectivity index (χ0n) is 9.57. The summed E-state index contributed by atoms with van der Waals surface area (Å²) in [7, 11) is 0. The van der Waals surface area contributed by atoms with E-state index in [0.29, 0.717) is 18.5 Å². The number of nitrogens with one attached hydrogen (secondary N) is 2. The third-order valence-electron chi connectivity index (χ3n) is 2.73. The predicted molar refractivity (Wildman–Crippen MR) is 67.2 cm³/mol. The van der Waals surface area contributed by atoms with Gasteiger partial charge < -0.3 is 16.4 Å². The number of aromatic nitrogens is 1. The molecule has 0 bridgehead atoms. The molecule has 1 saturated heterocycles. The maximum absolute atomic E-state index is 11.8. The summed E-state index contributed by atoms with van der Waals surface area (Å²) in [6, 6.07) is 1.46. The van der Waals surface area contributed by atoms with E-state index in [2.05, 4.69) is 15.6 Å². The first kappa shape index (κ1) is 12.6. The van der Waals surface area contributed by atoms with Crippen molar-refractivity contribution in [2.45, 2.75) is 18.9 Å². The summed E-state index contributed by atoms with van der Waals surface area (Å²) in [5.41, 5.74) is 5.80. The van der Waals surface area contributed by atoms with Gasteiger partial charge in [0, 0.05) is 25.2 Å². The Morgan fingerprint density at radius 2 is 2.44 bits per heavy atom. The van der Waals surface area contributed by atoms with Gasteiger partial charge in [-0.3, -0.25) is 9.59 Å². The Morgan fingerprint density at radius 3 is 3.06 bits per heavy atom. The van der Waals surface area contributed by atoms with Crippen LogP contribution in [-0.2, 0) is 4.79 Å². The largest absolute Gasteiger partial charge is 0.382 e. The molecule has 4 N–H and O–H groups in total. The van der Waals surface area contributed by atoms with Gasteiger partial charge in [-0.05, 0) is 12.5 Å². The Labute approximate surface area is 109 Å². The lowest BCUT2D eigenvalue weighted by atomic mass is 10.2. The number of nitrogens with zero attached hydrogens (tertiary/aromatic N) is 1. The van der Waals surface area contributed by atoms with Crippen LogP contribution in [0.5, 0.6) is 0 Å². The van der Waals surface area contributed by atoms with Crippen molar-refractivity contribution in [3.8, 4) is 0 Å². The van der Waals surface area contributed by atoms with E-state index in [4.69, 9.17) is 17.3 Å². The Kier molecular flexibility index (Phi) is 3.66. The third-order valence-corrected chi connectivity index (χ3v) is 3.03. The highest BCUT2D eigenvalue weighted by molar-refractivity contribution is 6.33. The number of carbonyl (C=O) groups excluding carboxylic acids is 2. The number of hydrogen-bond donors (Lipinski definition) is 3. The maximum atomic E-state index is 11.8. The molecule has 0 spiro atoms. The number of nitrogen functional groups attached to an aromatic ring is 1. The second kappa shape index (κ2) is 5.22. The number of nitrogens with two attached hydrogens (primary N) is 1. The van der Waals surface area contributed by atoms with Gasteiger partial charge in [-0.2, -0.15) is 0 Å². The Balaban J connectivity index is 1.91. The molecule has 2 rings (SSSR count). The van der Waals surface area contributed by atoms with Crippen molar-refractivity contribution in [2.75, 3.05) is 12.3 Å². The first-order valence-corrected chi connectivity index (χ1v) is 5.92. The first-order valence-electron chi connectivity index (χ1n) is 5.55. The van der Waals surface area contributed by atoms with Crippen molar-refractivity contribution in [1.29, 1.82) is 0 Å². The van der Waals surface area contributed by atoms with Crippen LogP contribution in [-0.4, -0.2) is 29.4 Å². The Morgan fingerprint density at radius 1 is 1.67 bits per heavy atom. The molecule has 2 heterocycles. The number of carbonyl (C=O) groups is 2. The SMILES string of the molecule is Nc1ncc(C(=O)NCC2CCC(=O)N2)cc1Cl. The van der Waals surface area contributed by atoms with Gasteiger partial charge in [-0.25, -0.2) is 4.98 Å². The van der Waals surface area contributed by atoms with E-state index in [9.17, 15) is 9.59 Å². The monoisotopic (exact) mass is 268 g/mol. The van der Waals surface area contributed by atoms with Gasteiger partial charge in [-0.15, -0.1) is 0 Å². The third kappa shape index (κ3) is 2.89. The Bertz CT molecular complexity index is 492. The van der Waals surface area contributed by atoms with Crippen molar-refractivity contribution >= 4 is 29.2 Å². The normalized spacial score (nSPS) is 18.5. The van der Waals surface area contributed by atoms with Crippen LogP contribution >= 0.6 is 11.6 Å². The molecular weight excluding hydrogens is 256 g/mol. The summed E-state index contributed by atoms with van der Waals surface area (Å²) in [5.74, 6) is -0.0757. The smallest absolute Gasteiger partial charge is 0.252 e. The minimum atomic E-state index is -0.287. The highest BCUT2D eigenvalue weighted by Gasteiger charge is 2.21. The second-order valence-electron chi connectivity index (χ2n) is 4.10. The van der Waals surface area contributed by atoms with Crippen LogP contribution in [0.1, 0.15) is 23.2 Å². The van der Waals surface area contributed by atoms with Crippen LogP contribution in [0.2, 0.25) is 5.02 Å². The van der Waals surface area contributed by atoms with Gasteiger partial charge in [0.25, 0.3) is 5.91 Å². The molecule has 1 aliphatic rings. The molecule has 1 fully saturated rings. The van der Waals surface area contributed by atoms with E-state index >= 15 is 0 Å². The lowest BCUT2D eigenvalue weighted by Crippen LogP contribution is -2.38. The fourth-order valence-corrected chi connectivity index (χ4v) is 1.89. The van der Waals surface area contributed by atoms with Crippen LogP contribution in [0.3, 0.4) is 0 Å². The first-order chi connectivity index (χ1) is 8.56. The maximum Gasteiger partial charge on any atom is 0.252 e. The van der Waals surface area contributed by atoms with Gasteiger partial charge >= 0.3 is 0 Å². The van der Waals surface area contributed by atoms with Gasteiger partial charge in [0.05, 0.1) is 10.6 Å². The fourth-order valence-electron chi connectivity index (χ4n) is 1.72. The van der Waals surface area contributed by atoms with Crippen molar-refractivity contribution < 1.29 is 9.59 Å². The molecule has 1 aromatic rings. The number of hydrogen-bond acceptors (Lipinski definition) is 4. The average Bonchev–Trinajstić information content (AvgIpc) is 2.75. The molecule has 18 heavy (non-hydrogen) atoms. The summed E-state index contributed by atoms with van der Waals surface area (Å²) >= 11 is 5.78. The number of rotatable bonds is 3. The van der Waals surface area contributed by atoms with E-state index < -0.39 is 0 Å². The van der Waals surface area contributed by atoms with E-state index in [1.807, 2.05) is 0 Å². The van der Waals surface area contributed by atoms with Crippen LogP contribution < -0.4 is 16.4 Å². The van der Waals surface area contributed by atoms with Gasteiger partial charge in [-0.1, -0.05) is 11.6 Å². The van der Waals surface area contributed by atoms with Crippen molar-refractivity contribution in [3.05, 3.63) is 22.8 Å². The molecule has 0 radical (unpaired) electrons. The summed E-state index contributed by atoms with van der Waals surface area (Å²) < 4.78 is 0. The summed E-state index contributed by atoms with van der Waals surface area (Å²) in [6.07, 6.45) is 2.61. The predicted octanol–water partition coefficient (Wildman–Crippen LogP) is 0.326. The lowest BCUT2D eigenvalue weighted by molar-refractivity contribution is -0.119. The molecule has 0 aliphatic carbocycles. The lowest BCUT2D eigenvalue weighted by Gasteiger charge is -2.11. The molecule has 0 saturated carbocycles. The number of halogens is 1. The summed E-state index contributed by atoms with van der Waals surface area (Å²) in [6.45, 7) is 0.395. The van der Waals surface area contributed by atoms with E-state index in [1.54, 1.807) is 0 Å². The van der Waals surface area contributed by atoms with Gasteiger partial charge in [0.1, 0.15) is 5.82 Å². The topological polar surface area (TPSA) is 97.1 Å². The molecule has 7 heteroatoms. The van der Waals surface area contributed by atoms with E-state index in [-0.39, 0.29) is 28.7 Å². The van der Waals surface area contributed by atoms with Crippen molar-refractivity contribution in [2.24, 2.45) is 0 Å². The number of amides is 2. The van der Waals surface area contributed by atoms with Crippen LogP contribution in [0.4, 0.5) is 5.82 Å². The molecule has 6 nitrogen and oxygen atoms in total. The standard InChI is InChI=1S/C11H13ClN4O2/c12-8-3-6(4-14-10(8)13)11(18)15-5-7-1-2-9(17)16-7/h3-4,7H,1-2,5H2,(H2,13,14)(H,15,18)(H,16,17). The molecule has 1 aliphatic heterocycles. The zero-order valence-corrected chi connectivity index (χ0v) is 10.3. The number of pyridine rings is 1. The number of anilines is 1. The fraction of sp³-hybridized carbons (Fsp3) is 0.364. The quantitative estimate of drug-likeness (QED) is 0.736. The summed E-state index contributed by atoms with van der Waals surface area (Å²) in [4.78, 5) is 26.6. The van der Waals surface area contributed by atoms with Crippen LogP contribution in [0, 0.1) is 0 Å². The molecule has 2 amide bonds. The van der Waals surface area contributed by atoms with Crippen LogP contribution in [0.25, 0.3) is 0 Å². The summed E-state index contributed by atoms with van der Waals surface area (Å²) in [5, 5.41) is 5.73. The van der Waals surface area contributed by atoms with Gasteiger partial charge in [0.15, 0.2) is 0 Å². The molecular formula is C11H13ClN4O2. The van der Waals surface area contributed by atoms with Crippen molar-refractivity contribution in [1.82, 2.24) is 15.6 Å². The molecule has 0 aromatic carbocycles. The van der Waals surface area contributed by atoms with E-state index in [0.717, 1.165) is 6.42 Å². The zero-order chi connectivity index (χ0) is 13.1. The minimum absolute atomic E-state index is 0.00124. The van der Waals surface area contributed by atoms with Crippen molar-refractivity contribution in [3.63, 3.8) is 0 Å². The van der Waals surface area contributed by atoms with Crippen LogP contribution in [0.15, 0.2) is 12.3 Å². The second-order valence-corrected chi connectivity index (χ2v) is 4.51. The molecule has 1 aromatic heterocycles. The minimum Gasteiger partial charge on any atom is -0.382 e. The molecule has 96 valence electrons. The van der Waals surface area contributed by atoms with E-state index in [1.165, 1.54) is 12.3 Å². The highest BCUT2D eigenvalue weighted by Crippen LogP contribution is 2.16. The average molecular weight is 269 g/mol. The molecule has 1 atom stereocenters. The Hall–Kier alpha value is -1.82. The van der Waals surface area contributed by atoms with Gasteiger partial charge in [0.2, 0.25) is 5.91 Å². The molecule has 1 unspecified atom stereocenters. The highest BCUT2D eigenvalue weighted by atomic mass is 35.5.